The van der Waals surface area contributed by atoms with Gasteiger partial charge in [-0.05, 0) is 43.9 Å². The van der Waals surface area contributed by atoms with Crippen molar-refractivity contribution >= 4 is 46.4 Å². The summed E-state index contributed by atoms with van der Waals surface area (Å²) in [6.45, 7) is 0. The van der Waals surface area contributed by atoms with Crippen molar-refractivity contribution in [3.63, 3.8) is 0 Å². The number of urea groups is 1. The summed E-state index contributed by atoms with van der Waals surface area (Å²) in [6, 6.07) is 3.81. The molecule has 1 fully saturated rings. The first-order valence-electron chi connectivity index (χ1n) is 8.06. The minimum atomic E-state index is -4.68. The number of fused-ring (bicyclic) bond motifs is 1. The molecular formula is C15H18N3O6PS. The summed E-state index contributed by atoms with van der Waals surface area (Å²) in [6.07, 6.45) is 5.04. The van der Waals surface area contributed by atoms with Crippen LogP contribution in [-0.4, -0.2) is 32.9 Å². The highest BCUT2D eigenvalue weighted by Gasteiger charge is 2.20. The summed E-state index contributed by atoms with van der Waals surface area (Å²) in [4.78, 5) is 45.3. The fourth-order valence-electron chi connectivity index (χ4n) is 2.76. The summed E-state index contributed by atoms with van der Waals surface area (Å²) in [5.41, 5.74) is 0.952. The van der Waals surface area contributed by atoms with Crippen LogP contribution >= 0.6 is 19.1 Å². The highest BCUT2D eigenvalue weighted by molar-refractivity contribution is 7.50. The zero-order chi connectivity index (χ0) is 18.7. The minimum Gasteiger partial charge on any atom is -0.459 e. The summed E-state index contributed by atoms with van der Waals surface area (Å²) < 4.78 is 16.9. The summed E-state index contributed by atoms with van der Waals surface area (Å²) in [5.74, 6) is -0.388. The van der Waals surface area contributed by atoms with E-state index in [4.69, 9.17) is 14.5 Å². The van der Waals surface area contributed by atoms with E-state index in [0.717, 1.165) is 37.0 Å². The Bertz CT molecular complexity index is 873. The molecule has 0 spiro atoms. The average molecular weight is 399 g/mol. The molecule has 26 heavy (non-hydrogen) atoms. The quantitative estimate of drug-likeness (QED) is 0.458. The molecule has 11 heteroatoms. The lowest BCUT2D eigenvalue weighted by molar-refractivity contribution is 0.0211. The first-order valence-corrected chi connectivity index (χ1v) is 10.5. The molecule has 1 aromatic heterocycles. The molecule has 1 aliphatic rings. The molecule has 2 aromatic rings. The highest BCUT2D eigenvalue weighted by Crippen LogP contribution is 2.30. The Kier molecular flexibility index (Phi) is 5.57. The second kappa shape index (κ2) is 7.71. The van der Waals surface area contributed by atoms with Crippen molar-refractivity contribution in [1.82, 2.24) is 10.1 Å². The molecule has 140 valence electrons. The molecule has 3 rings (SSSR count). The average Bonchev–Trinajstić information content (AvgIpc) is 2.94. The van der Waals surface area contributed by atoms with Gasteiger partial charge in [-0.2, -0.15) is 0 Å². The standard InChI is InChI=1S/C15H18N3O6PS/c19-13(24-10-4-2-1-3-5-10)9-6-7-11-12(8-9)26-15(16-11)17-14(20)18-25(21,22)23/h6-8,10H,1-5H2,(H4,16,17,18,20,21,22,23). The number of thiazole rings is 1. The number of amides is 2. The normalized spacial score (nSPS) is 15.6. The maximum Gasteiger partial charge on any atom is 0.431 e. The maximum atomic E-state index is 12.3. The van der Waals surface area contributed by atoms with Crippen LogP contribution in [-0.2, 0) is 9.30 Å². The fourth-order valence-corrected chi connectivity index (χ4v) is 3.99. The Morgan fingerprint density at radius 1 is 1.23 bits per heavy atom. The lowest BCUT2D eigenvalue weighted by atomic mass is 9.98. The number of esters is 1. The van der Waals surface area contributed by atoms with Crippen LogP contribution in [0.15, 0.2) is 18.2 Å². The highest BCUT2D eigenvalue weighted by atomic mass is 32.1. The van der Waals surface area contributed by atoms with Gasteiger partial charge in [0.25, 0.3) is 0 Å². The molecule has 1 saturated carbocycles. The van der Waals surface area contributed by atoms with Crippen molar-refractivity contribution in [2.75, 3.05) is 5.32 Å². The summed E-state index contributed by atoms with van der Waals surface area (Å²) in [7, 11) is -4.68. The molecule has 0 unspecified atom stereocenters. The van der Waals surface area contributed by atoms with Gasteiger partial charge in [-0.15, -0.1) is 0 Å². The lowest BCUT2D eigenvalue weighted by Gasteiger charge is -2.21. The first kappa shape index (κ1) is 18.8. The Morgan fingerprint density at radius 2 is 1.96 bits per heavy atom. The Balaban J connectivity index is 1.69. The number of carbonyl (C=O) groups excluding carboxylic acids is 2. The van der Waals surface area contributed by atoms with E-state index < -0.39 is 13.8 Å². The van der Waals surface area contributed by atoms with Crippen LogP contribution < -0.4 is 10.4 Å². The number of anilines is 1. The number of benzene rings is 1. The van der Waals surface area contributed by atoms with Crippen LogP contribution in [0.5, 0.6) is 0 Å². The molecule has 4 N–H and O–H groups in total. The molecule has 0 saturated heterocycles. The molecule has 0 bridgehead atoms. The maximum absolute atomic E-state index is 12.3. The van der Waals surface area contributed by atoms with Crippen molar-refractivity contribution in [2.45, 2.75) is 38.2 Å². The number of aromatic nitrogens is 1. The van der Waals surface area contributed by atoms with E-state index in [9.17, 15) is 14.2 Å². The number of nitrogens with one attached hydrogen (secondary N) is 2. The summed E-state index contributed by atoms with van der Waals surface area (Å²) in [5, 5.41) is 3.90. The van der Waals surface area contributed by atoms with E-state index in [0.29, 0.717) is 15.8 Å². The second-order valence-electron chi connectivity index (χ2n) is 5.98. The number of hydrogen-bond donors (Lipinski definition) is 4. The monoisotopic (exact) mass is 399 g/mol. The minimum absolute atomic E-state index is 0.0398. The van der Waals surface area contributed by atoms with E-state index in [1.807, 2.05) is 0 Å². The zero-order valence-corrected chi connectivity index (χ0v) is 15.4. The van der Waals surface area contributed by atoms with Crippen LogP contribution in [0, 0.1) is 0 Å². The van der Waals surface area contributed by atoms with Crippen LogP contribution in [0.25, 0.3) is 10.2 Å². The van der Waals surface area contributed by atoms with Gasteiger partial charge in [-0.25, -0.2) is 24.2 Å². The molecule has 0 atom stereocenters. The predicted molar refractivity (Wildman–Crippen MR) is 96.1 cm³/mol. The molecule has 1 aliphatic carbocycles. The molecule has 0 aliphatic heterocycles. The lowest BCUT2D eigenvalue weighted by Crippen LogP contribution is -2.25. The van der Waals surface area contributed by atoms with Gasteiger partial charge < -0.3 is 14.5 Å². The molecule has 1 heterocycles. The van der Waals surface area contributed by atoms with E-state index in [1.165, 1.54) is 11.5 Å². The van der Waals surface area contributed by atoms with E-state index >= 15 is 0 Å². The van der Waals surface area contributed by atoms with Crippen molar-refractivity contribution in [3.8, 4) is 0 Å². The van der Waals surface area contributed by atoms with Crippen LogP contribution in [0.3, 0.4) is 0 Å². The van der Waals surface area contributed by atoms with Gasteiger partial charge in [-0.3, -0.25) is 5.32 Å². The third kappa shape index (κ3) is 5.01. The molecule has 9 nitrogen and oxygen atoms in total. The smallest absolute Gasteiger partial charge is 0.431 e. The number of ether oxygens (including phenoxy) is 1. The van der Waals surface area contributed by atoms with Gasteiger partial charge in [0.05, 0.1) is 15.8 Å². The van der Waals surface area contributed by atoms with Gasteiger partial charge in [-0.1, -0.05) is 17.8 Å². The van der Waals surface area contributed by atoms with Crippen molar-refractivity contribution in [1.29, 1.82) is 0 Å². The number of nitrogens with zero attached hydrogens (tertiary/aromatic N) is 1. The van der Waals surface area contributed by atoms with Crippen molar-refractivity contribution in [3.05, 3.63) is 23.8 Å². The van der Waals surface area contributed by atoms with Gasteiger partial charge in [0.2, 0.25) is 0 Å². The topological polar surface area (TPSA) is 138 Å². The van der Waals surface area contributed by atoms with Gasteiger partial charge in [0, 0.05) is 0 Å². The number of rotatable bonds is 4. The van der Waals surface area contributed by atoms with Crippen molar-refractivity contribution in [2.24, 2.45) is 0 Å². The zero-order valence-electron chi connectivity index (χ0n) is 13.7. The Morgan fingerprint density at radius 3 is 2.65 bits per heavy atom. The van der Waals surface area contributed by atoms with Crippen LogP contribution in [0.4, 0.5) is 9.93 Å². The Labute approximate surface area is 153 Å². The van der Waals surface area contributed by atoms with Gasteiger partial charge in [0.1, 0.15) is 6.10 Å². The molecular weight excluding hydrogens is 381 g/mol. The third-order valence-corrected chi connectivity index (χ3v) is 5.35. The molecule has 2 amide bonds. The SMILES string of the molecule is O=C(Nc1nc2ccc(C(=O)OC3CCCCC3)cc2s1)NP(=O)(O)O. The predicted octanol–water partition coefficient (Wildman–Crippen LogP) is 3.00. The van der Waals surface area contributed by atoms with E-state index in [2.05, 4.69) is 10.3 Å². The first-order chi connectivity index (χ1) is 12.3. The van der Waals surface area contributed by atoms with Crippen LogP contribution in [0.1, 0.15) is 42.5 Å². The second-order valence-corrected chi connectivity index (χ2v) is 8.32. The largest absolute Gasteiger partial charge is 0.459 e. The van der Waals surface area contributed by atoms with Gasteiger partial charge >= 0.3 is 19.7 Å². The number of hydrogen-bond acceptors (Lipinski definition) is 6. The van der Waals surface area contributed by atoms with Crippen LogP contribution in [0.2, 0.25) is 0 Å². The summed E-state index contributed by atoms with van der Waals surface area (Å²) >= 11 is 1.09. The fraction of sp³-hybridized carbons (Fsp3) is 0.400. The molecule has 0 radical (unpaired) electrons. The number of carbonyl (C=O) groups is 2. The Hall–Kier alpha value is -2.00. The molecule has 1 aromatic carbocycles. The van der Waals surface area contributed by atoms with E-state index in [-0.39, 0.29) is 17.2 Å². The van der Waals surface area contributed by atoms with Gasteiger partial charge in [0.15, 0.2) is 5.13 Å². The van der Waals surface area contributed by atoms with E-state index in [1.54, 1.807) is 18.2 Å². The van der Waals surface area contributed by atoms with Crippen molar-refractivity contribution < 1.29 is 28.7 Å². The third-order valence-electron chi connectivity index (χ3n) is 3.92.